The summed E-state index contributed by atoms with van der Waals surface area (Å²) < 4.78 is 1.50. The molecule has 17 heavy (non-hydrogen) atoms. The molecular weight excluding hydrogens is 220 g/mol. The van der Waals surface area contributed by atoms with Crippen molar-refractivity contribution in [3.05, 3.63) is 30.6 Å². The number of nitriles is 1. The number of rotatable bonds is 3. The van der Waals surface area contributed by atoms with E-state index in [1.165, 1.54) is 11.0 Å². The van der Waals surface area contributed by atoms with Gasteiger partial charge in [0.1, 0.15) is 12.7 Å². The maximum Gasteiger partial charge on any atom is 0.238 e. The van der Waals surface area contributed by atoms with Crippen LogP contribution in [0.5, 0.6) is 0 Å². The normalized spacial score (nSPS) is 9.59. The Kier molecular flexibility index (Phi) is 3.07. The summed E-state index contributed by atoms with van der Waals surface area (Å²) in [5.41, 5.74) is 1.41. The van der Waals surface area contributed by atoms with Crippen LogP contribution in [0.15, 0.2) is 30.6 Å². The van der Waals surface area contributed by atoms with Gasteiger partial charge in [0.05, 0.1) is 11.8 Å². The number of aromatic nitrogens is 4. The van der Waals surface area contributed by atoms with E-state index >= 15 is 0 Å². The molecule has 1 aromatic heterocycles. The van der Waals surface area contributed by atoms with E-state index in [1.54, 1.807) is 30.3 Å². The van der Waals surface area contributed by atoms with Crippen molar-refractivity contribution in [1.82, 2.24) is 20.2 Å². The topological polar surface area (TPSA) is 96.5 Å². The van der Waals surface area contributed by atoms with E-state index in [0.717, 1.165) is 5.69 Å². The van der Waals surface area contributed by atoms with Gasteiger partial charge in [0.2, 0.25) is 5.91 Å². The van der Waals surface area contributed by atoms with E-state index in [9.17, 15) is 4.79 Å². The van der Waals surface area contributed by atoms with E-state index in [0.29, 0.717) is 5.69 Å². The van der Waals surface area contributed by atoms with Crippen molar-refractivity contribution in [1.29, 1.82) is 5.26 Å². The molecule has 0 aliphatic carbocycles. The van der Waals surface area contributed by atoms with E-state index in [4.69, 9.17) is 5.26 Å². The number of tetrazole rings is 1. The number of nitrogens with zero attached hydrogens (tertiary/aromatic N) is 5. The number of carbonyl (C=O) groups excluding carboxylic acids is 1. The highest BCUT2D eigenvalue weighted by molar-refractivity contribution is 5.92. The monoisotopic (exact) mass is 228 g/mol. The summed E-state index contributed by atoms with van der Waals surface area (Å²) >= 11 is 0. The molecule has 0 saturated heterocycles. The fourth-order valence-electron chi connectivity index (χ4n) is 1.25. The van der Waals surface area contributed by atoms with Gasteiger partial charge in [0.15, 0.2) is 0 Å². The molecule has 2 rings (SSSR count). The lowest BCUT2D eigenvalue weighted by atomic mass is 10.2. The van der Waals surface area contributed by atoms with Gasteiger partial charge in [0, 0.05) is 5.69 Å². The van der Waals surface area contributed by atoms with Gasteiger partial charge < -0.3 is 5.32 Å². The maximum absolute atomic E-state index is 11.2. The average Bonchev–Trinajstić information content (AvgIpc) is 2.84. The van der Waals surface area contributed by atoms with Gasteiger partial charge in [-0.25, -0.2) is 4.68 Å². The Morgan fingerprint density at radius 2 is 2.18 bits per heavy atom. The number of carbonyl (C=O) groups is 1. The molecule has 1 amide bonds. The molecule has 0 bridgehead atoms. The van der Waals surface area contributed by atoms with Gasteiger partial charge in [0.25, 0.3) is 0 Å². The van der Waals surface area contributed by atoms with Crippen LogP contribution in [0.2, 0.25) is 0 Å². The fourth-order valence-corrected chi connectivity index (χ4v) is 1.25. The molecule has 7 nitrogen and oxygen atoms in total. The zero-order valence-electron chi connectivity index (χ0n) is 8.74. The second-order valence-electron chi connectivity index (χ2n) is 3.18. The molecule has 1 heterocycles. The highest BCUT2D eigenvalue weighted by Crippen LogP contribution is 2.11. The predicted octanol–water partition coefficient (Wildman–Crippen LogP) is 0.514. The van der Waals surface area contributed by atoms with Crippen molar-refractivity contribution in [2.75, 3.05) is 5.32 Å². The second kappa shape index (κ2) is 4.85. The predicted molar refractivity (Wildman–Crippen MR) is 58.0 cm³/mol. The first-order chi connectivity index (χ1) is 8.29. The smallest absolute Gasteiger partial charge is 0.238 e. The van der Waals surface area contributed by atoms with Crippen LogP contribution in [0, 0.1) is 11.3 Å². The number of amides is 1. The molecule has 7 heteroatoms. The molecule has 0 aliphatic rings. The number of anilines is 1. The van der Waals surface area contributed by atoms with Crippen molar-refractivity contribution in [2.45, 2.75) is 6.42 Å². The maximum atomic E-state index is 11.2. The molecule has 0 spiro atoms. The molecule has 0 aliphatic heterocycles. The van der Waals surface area contributed by atoms with Crippen molar-refractivity contribution >= 4 is 11.6 Å². The molecule has 0 saturated carbocycles. The third-order valence-electron chi connectivity index (χ3n) is 2.00. The van der Waals surface area contributed by atoms with E-state index in [1.807, 2.05) is 0 Å². The summed E-state index contributed by atoms with van der Waals surface area (Å²) in [5.74, 6) is -0.331. The van der Waals surface area contributed by atoms with Crippen LogP contribution in [0.25, 0.3) is 5.69 Å². The molecule has 1 N–H and O–H groups in total. The lowest BCUT2D eigenvalue weighted by molar-refractivity contribution is -0.115. The molecule has 0 fully saturated rings. The first kappa shape index (κ1) is 10.8. The number of hydrogen-bond donors (Lipinski definition) is 1. The minimum Gasteiger partial charge on any atom is -0.325 e. The third-order valence-corrected chi connectivity index (χ3v) is 2.00. The Morgan fingerprint density at radius 1 is 1.41 bits per heavy atom. The Morgan fingerprint density at radius 3 is 2.76 bits per heavy atom. The number of hydrogen-bond acceptors (Lipinski definition) is 5. The average molecular weight is 228 g/mol. The SMILES string of the molecule is N#CCC(=O)Nc1ccc(-n2cnnn2)cc1. The highest BCUT2D eigenvalue weighted by atomic mass is 16.1. The van der Waals surface area contributed by atoms with Gasteiger partial charge in [-0.3, -0.25) is 4.79 Å². The second-order valence-corrected chi connectivity index (χ2v) is 3.18. The molecule has 0 atom stereocenters. The van der Waals surface area contributed by atoms with E-state index in [2.05, 4.69) is 20.8 Å². The molecule has 0 unspecified atom stereocenters. The summed E-state index contributed by atoms with van der Waals surface area (Å²) in [6.07, 6.45) is 1.32. The Hall–Kier alpha value is -2.75. The van der Waals surface area contributed by atoms with Crippen LogP contribution in [0.4, 0.5) is 5.69 Å². The van der Waals surface area contributed by atoms with Crippen LogP contribution in [-0.2, 0) is 4.79 Å². The first-order valence-corrected chi connectivity index (χ1v) is 4.80. The van der Waals surface area contributed by atoms with Crippen LogP contribution >= 0.6 is 0 Å². The summed E-state index contributed by atoms with van der Waals surface area (Å²) in [4.78, 5) is 11.2. The van der Waals surface area contributed by atoms with Gasteiger partial charge in [-0.05, 0) is 34.7 Å². The minimum atomic E-state index is -0.331. The van der Waals surface area contributed by atoms with E-state index < -0.39 is 0 Å². The van der Waals surface area contributed by atoms with Crippen molar-refractivity contribution in [2.24, 2.45) is 0 Å². The largest absolute Gasteiger partial charge is 0.325 e. The van der Waals surface area contributed by atoms with Crippen LogP contribution in [-0.4, -0.2) is 26.1 Å². The Labute approximate surface area is 96.7 Å². The minimum absolute atomic E-state index is 0.158. The third kappa shape index (κ3) is 2.63. The molecule has 2 aromatic rings. The fraction of sp³-hybridized carbons (Fsp3) is 0.100. The van der Waals surface area contributed by atoms with Gasteiger partial charge in [-0.1, -0.05) is 0 Å². The van der Waals surface area contributed by atoms with Crippen molar-refractivity contribution < 1.29 is 4.79 Å². The lowest BCUT2D eigenvalue weighted by Crippen LogP contribution is -2.10. The number of benzene rings is 1. The summed E-state index contributed by atoms with van der Waals surface area (Å²) in [7, 11) is 0. The quantitative estimate of drug-likeness (QED) is 0.825. The van der Waals surface area contributed by atoms with Crippen molar-refractivity contribution in [3.63, 3.8) is 0 Å². The molecular formula is C10H8N6O. The van der Waals surface area contributed by atoms with Gasteiger partial charge in [-0.15, -0.1) is 5.10 Å². The van der Waals surface area contributed by atoms with Gasteiger partial charge >= 0.3 is 0 Å². The van der Waals surface area contributed by atoms with Crippen LogP contribution in [0.3, 0.4) is 0 Å². The molecule has 84 valence electrons. The standard InChI is InChI=1S/C10H8N6O/c11-6-5-10(17)13-8-1-3-9(4-2-8)16-7-12-14-15-16/h1-4,7H,5H2,(H,13,17). The summed E-state index contributed by atoms with van der Waals surface area (Å²) in [6.45, 7) is 0. The Balaban J connectivity index is 2.09. The van der Waals surface area contributed by atoms with Gasteiger partial charge in [-0.2, -0.15) is 5.26 Å². The van der Waals surface area contributed by atoms with Crippen molar-refractivity contribution in [3.8, 4) is 11.8 Å². The Bertz CT molecular complexity index is 539. The zero-order chi connectivity index (χ0) is 12.1. The molecule has 0 radical (unpaired) electrons. The molecule has 1 aromatic carbocycles. The van der Waals surface area contributed by atoms with E-state index in [-0.39, 0.29) is 12.3 Å². The summed E-state index contributed by atoms with van der Waals surface area (Å²) in [5, 5.41) is 21.7. The first-order valence-electron chi connectivity index (χ1n) is 4.80. The zero-order valence-corrected chi connectivity index (χ0v) is 8.74. The van der Waals surface area contributed by atoms with Crippen LogP contribution < -0.4 is 5.32 Å². The highest BCUT2D eigenvalue weighted by Gasteiger charge is 2.02. The number of nitrogens with one attached hydrogen (secondary N) is 1. The van der Waals surface area contributed by atoms with Crippen LogP contribution in [0.1, 0.15) is 6.42 Å². The lowest BCUT2D eigenvalue weighted by Gasteiger charge is -2.03. The summed E-state index contributed by atoms with van der Waals surface area (Å²) in [6, 6.07) is 8.73.